The lowest BCUT2D eigenvalue weighted by molar-refractivity contribution is 0.0419. The van der Waals surface area contributed by atoms with Gasteiger partial charge in [-0.15, -0.1) is 0 Å². The topological polar surface area (TPSA) is 78.4 Å². The largest absolute Gasteiger partial charge is 0.452 e. The van der Waals surface area contributed by atoms with E-state index in [9.17, 15) is 4.79 Å². The van der Waals surface area contributed by atoms with Crippen molar-refractivity contribution in [2.24, 2.45) is 0 Å². The Hall–Kier alpha value is -3.67. The summed E-state index contributed by atoms with van der Waals surface area (Å²) in [4.78, 5) is 16.1. The van der Waals surface area contributed by atoms with E-state index in [2.05, 4.69) is 10.1 Å². The fourth-order valence-corrected chi connectivity index (χ4v) is 2.42. The third-order valence-electron chi connectivity index (χ3n) is 3.71. The molecule has 0 N–H and O–H groups in total. The smallest absolute Gasteiger partial charge is 0.395 e. The van der Waals surface area contributed by atoms with Crippen molar-refractivity contribution in [3.8, 4) is 22.6 Å². The third-order valence-corrected chi connectivity index (χ3v) is 3.71. The third kappa shape index (κ3) is 3.39. The van der Waals surface area contributed by atoms with Crippen LogP contribution in [0.2, 0.25) is 0 Å². The van der Waals surface area contributed by atoms with Crippen molar-refractivity contribution in [3.63, 3.8) is 0 Å². The molecule has 0 saturated carbocycles. The summed E-state index contributed by atoms with van der Waals surface area (Å²) in [6.45, 7) is -0.0295. The van der Waals surface area contributed by atoms with E-state index in [0.717, 1.165) is 11.1 Å². The quantitative estimate of drug-likeness (QED) is 0.500. The van der Waals surface area contributed by atoms with E-state index in [1.165, 1.54) is 6.20 Å². The van der Waals surface area contributed by atoms with Gasteiger partial charge in [-0.3, -0.25) is 0 Å². The highest BCUT2D eigenvalue weighted by molar-refractivity contribution is 5.84. The van der Waals surface area contributed by atoms with Crippen molar-refractivity contribution >= 4 is 5.97 Å². The first kappa shape index (κ1) is 15.8. The average Bonchev–Trinajstić information content (AvgIpc) is 3.37. The molecule has 0 atom stereocenters. The van der Waals surface area contributed by atoms with Gasteiger partial charge < -0.3 is 13.7 Å². The maximum atomic E-state index is 12.1. The number of rotatable bonds is 5. The van der Waals surface area contributed by atoms with Crippen LogP contribution >= 0.6 is 0 Å². The summed E-state index contributed by atoms with van der Waals surface area (Å²) in [6.07, 6.45) is 1.50. The number of ether oxygens (including phenoxy) is 1. The van der Waals surface area contributed by atoms with E-state index < -0.39 is 5.97 Å². The first-order valence-electron chi connectivity index (χ1n) is 7.99. The minimum Gasteiger partial charge on any atom is -0.452 e. The van der Waals surface area contributed by atoms with Crippen LogP contribution in [-0.2, 0) is 11.3 Å². The summed E-state index contributed by atoms with van der Waals surface area (Å²) < 4.78 is 15.9. The van der Waals surface area contributed by atoms with Crippen LogP contribution in [0.15, 0.2) is 81.9 Å². The predicted molar refractivity (Wildman–Crippen MR) is 93.0 cm³/mol. The molecule has 26 heavy (non-hydrogen) atoms. The molecule has 0 aliphatic rings. The molecule has 0 unspecified atom stereocenters. The van der Waals surface area contributed by atoms with Crippen LogP contribution in [0.4, 0.5) is 0 Å². The summed E-state index contributed by atoms with van der Waals surface area (Å²) in [5.74, 6) is 0.358. The molecule has 0 saturated heterocycles. The van der Waals surface area contributed by atoms with Crippen molar-refractivity contribution in [1.29, 1.82) is 0 Å². The van der Waals surface area contributed by atoms with Gasteiger partial charge in [-0.2, -0.15) is 0 Å². The second-order valence-electron chi connectivity index (χ2n) is 5.52. The number of hydrogen-bond donors (Lipinski definition) is 0. The van der Waals surface area contributed by atoms with Gasteiger partial charge in [0, 0.05) is 17.2 Å². The van der Waals surface area contributed by atoms with Crippen molar-refractivity contribution in [2.75, 3.05) is 0 Å². The molecule has 4 aromatic rings. The number of esters is 1. The van der Waals surface area contributed by atoms with Gasteiger partial charge in [0.15, 0.2) is 11.5 Å². The Bertz CT molecular complexity index is 1010. The number of aromatic nitrogens is 2. The van der Waals surface area contributed by atoms with Gasteiger partial charge >= 0.3 is 11.9 Å². The molecule has 2 aromatic carbocycles. The number of benzene rings is 2. The normalized spacial score (nSPS) is 10.6. The Morgan fingerprint density at radius 1 is 0.923 bits per heavy atom. The molecule has 2 heterocycles. The van der Waals surface area contributed by atoms with E-state index in [1.807, 2.05) is 60.7 Å². The molecular weight excluding hydrogens is 332 g/mol. The molecule has 0 aliphatic heterocycles. The summed E-state index contributed by atoms with van der Waals surface area (Å²) >= 11 is 0. The van der Waals surface area contributed by atoms with Crippen molar-refractivity contribution < 1.29 is 18.5 Å². The number of carbonyl (C=O) groups is 1. The average molecular weight is 346 g/mol. The van der Waals surface area contributed by atoms with E-state index in [4.69, 9.17) is 13.7 Å². The van der Waals surface area contributed by atoms with Crippen molar-refractivity contribution in [3.05, 3.63) is 84.5 Å². The molecule has 0 aliphatic carbocycles. The summed E-state index contributed by atoms with van der Waals surface area (Å²) in [5.41, 5.74) is 2.24. The molecule has 0 fully saturated rings. The van der Waals surface area contributed by atoms with Gasteiger partial charge in [0.1, 0.15) is 12.3 Å². The zero-order chi connectivity index (χ0) is 17.8. The second-order valence-corrected chi connectivity index (χ2v) is 5.52. The fourth-order valence-electron chi connectivity index (χ4n) is 2.42. The standard InChI is InChI=1S/C20H14N2O4/c23-20(19-21-12-18(25-19)15-9-5-2-6-10-15)24-13-16-11-17(26-22-16)14-7-3-1-4-8-14/h1-12H,13H2. The first-order valence-corrected chi connectivity index (χ1v) is 7.99. The lowest BCUT2D eigenvalue weighted by Crippen LogP contribution is -2.05. The fraction of sp³-hybridized carbons (Fsp3) is 0.0500. The Balaban J connectivity index is 1.40. The van der Waals surface area contributed by atoms with Crippen molar-refractivity contribution in [1.82, 2.24) is 10.1 Å². The minimum absolute atomic E-state index is 0.0295. The van der Waals surface area contributed by atoms with Gasteiger partial charge in [0.2, 0.25) is 0 Å². The van der Waals surface area contributed by atoms with Crippen LogP contribution in [0.3, 0.4) is 0 Å². The molecule has 2 aromatic heterocycles. The predicted octanol–water partition coefficient (Wildman–Crippen LogP) is 4.35. The van der Waals surface area contributed by atoms with Gasteiger partial charge in [-0.1, -0.05) is 65.8 Å². The summed E-state index contributed by atoms with van der Waals surface area (Å²) in [7, 11) is 0. The monoisotopic (exact) mass is 346 g/mol. The SMILES string of the molecule is O=C(OCc1cc(-c2ccccc2)on1)c1ncc(-c2ccccc2)o1. The molecule has 128 valence electrons. The van der Waals surface area contributed by atoms with E-state index in [0.29, 0.717) is 17.2 Å². The highest BCUT2D eigenvalue weighted by Gasteiger charge is 2.17. The zero-order valence-electron chi connectivity index (χ0n) is 13.7. The van der Waals surface area contributed by atoms with Gasteiger partial charge in [0.25, 0.3) is 0 Å². The highest BCUT2D eigenvalue weighted by atomic mass is 16.5. The van der Waals surface area contributed by atoms with Crippen LogP contribution in [0, 0.1) is 0 Å². The Kier molecular flexibility index (Phi) is 4.30. The molecule has 0 amide bonds. The number of oxazole rings is 1. The summed E-state index contributed by atoms with van der Waals surface area (Å²) in [6, 6.07) is 20.7. The maximum Gasteiger partial charge on any atom is 0.395 e. The molecule has 4 rings (SSSR count). The molecule has 0 spiro atoms. The molecule has 0 bridgehead atoms. The second kappa shape index (κ2) is 7.06. The first-order chi connectivity index (χ1) is 12.8. The number of hydrogen-bond acceptors (Lipinski definition) is 6. The van der Waals surface area contributed by atoms with Gasteiger partial charge in [-0.05, 0) is 0 Å². The number of nitrogens with zero attached hydrogens (tertiary/aromatic N) is 2. The molecule has 6 nitrogen and oxygen atoms in total. The van der Waals surface area contributed by atoms with Crippen LogP contribution in [-0.4, -0.2) is 16.1 Å². The van der Waals surface area contributed by atoms with E-state index in [1.54, 1.807) is 6.07 Å². The number of carbonyl (C=O) groups excluding carboxylic acids is 1. The van der Waals surface area contributed by atoms with Crippen molar-refractivity contribution in [2.45, 2.75) is 6.61 Å². The molecular formula is C20H14N2O4. The minimum atomic E-state index is -0.656. The van der Waals surface area contributed by atoms with E-state index >= 15 is 0 Å². The van der Waals surface area contributed by atoms with Gasteiger partial charge in [-0.25, -0.2) is 9.78 Å². The lowest BCUT2D eigenvalue weighted by atomic mass is 10.2. The van der Waals surface area contributed by atoms with Crippen LogP contribution in [0.25, 0.3) is 22.6 Å². The van der Waals surface area contributed by atoms with Crippen LogP contribution in [0.1, 0.15) is 16.4 Å². The molecule has 6 heteroatoms. The molecule has 0 radical (unpaired) electrons. The summed E-state index contributed by atoms with van der Waals surface area (Å²) in [5, 5.41) is 3.91. The maximum absolute atomic E-state index is 12.1. The Morgan fingerprint density at radius 2 is 1.58 bits per heavy atom. The Labute approximate surface area is 149 Å². The van der Waals surface area contributed by atoms with Crippen LogP contribution in [0.5, 0.6) is 0 Å². The van der Waals surface area contributed by atoms with E-state index in [-0.39, 0.29) is 12.5 Å². The zero-order valence-corrected chi connectivity index (χ0v) is 13.7. The van der Waals surface area contributed by atoms with Crippen LogP contribution < -0.4 is 0 Å². The van der Waals surface area contributed by atoms with Gasteiger partial charge in [0.05, 0.1) is 6.20 Å². The Morgan fingerprint density at radius 3 is 2.27 bits per heavy atom. The highest BCUT2D eigenvalue weighted by Crippen LogP contribution is 2.22. The lowest BCUT2D eigenvalue weighted by Gasteiger charge is -1.98.